The SMILES string of the molecule is CCC1=CN(c2cc(OC(C)C)c(Cl)cc2F)N=CC1C(F)(F)F. The van der Waals surface area contributed by atoms with Crippen LogP contribution in [0.15, 0.2) is 29.0 Å². The Kier molecular flexibility index (Phi) is 5.42. The minimum absolute atomic E-state index is 0.0297. The van der Waals surface area contributed by atoms with Crippen molar-refractivity contribution in [3.63, 3.8) is 0 Å². The molecule has 132 valence electrons. The van der Waals surface area contributed by atoms with Crippen molar-refractivity contribution in [1.29, 1.82) is 0 Å². The second-order valence-electron chi connectivity index (χ2n) is 5.59. The van der Waals surface area contributed by atoms with Crippen molar-refractivity contribution in [2.24, 2.45) is 11.0 Å². The highest BCUT2D eigenvalue weighted by Crippen LogP contribution is 2.38. The van der Waals surface area contributed by atoms with Crippen molar-refractivity contribution in [3.05, 3.63) is 34.7 Å². The first-order valence-corrected chi connectivity index (χ1v) is 7.77. The molecule has 0 fully saturated rings. The molecule has 0 amide bonds. The molecule has 8 heteroatoms. The summed E-state index contributed by atoms with van der Waals surface area (Å²) in [5.74, 6) is -2.23. The largest absolute Gasteiger partial charge is 0.489 e. The van der Waals surface area contributed by atoms with Gasteiger partial charge in [0.1, 0.15) is 17.4 Å². The minimum Gasteiger partial charge on any atom is -0.489 e. The molecule has 0 saturated heterocycles. The lowest BCUT2D eigenvalue weighted by Gasteiger charge is -2.27. The summed E-state index contributed by atoms with van der Waals surface area (Å²) in [6, 6.07) is 2.38. The molecule has 0 spiro atoms. The Morgan fingerprint density at radius 3 is 2.54 bits per heavy atom. The minimum atomic E-state index is -4.43. The van der Waals surface area contributed by atoms with E-state index in [0.29, 0.717) is 0 Å². The second kappa shape index (κ2) is 7.01. The van der Waals surface area contributed by atoms with Gasteiger partial charge in [-0.2, -0.15) is 18.3 Å². The van der Waals surface area contributed by atoms with E-state index in [1.807, 2.05) is 0 Å². The smallest absolute Gasteiger partial charge is 0.400 e. The van der Waals surface area contributed by atoms with Gasteiger partial charge in [-0.1, -0.05) is 18.5 Å². The van der Waals surface area contributed by atoms with Crippen LogP contribution in [0.4, 0.5) is 23.2 Å². The Hall–Kier alpha value is -1.76. The number of hydrazone groups is 1. The van der Waals surface area contributed by atoms with E-state index in [1.54, 1.807) is 20.8 Å². The molecule has 0 radical (unpaired) electrons. The van der Waals surface area contributed by atoms with Gasteiger partial charge in [-0.15, -0.1) is 0 Å². The van der Waals surface area contributed by atoms with Gasteiger partial charge in [0.25, 0.3) is 0 Å². The van der Waals surface area contributed by atoms with E-state index in [4.69, 9.17) is 16.3 Å². The van der Waals surface area contributed by atoms with Gasteiger partial charge >= 0.3 is 6.18 Å². The monoisotopic (exact) mass is 364 g/mol. The van der Waals surface area contributed by atoms with Gasteiger partial charge in [0.05, 0.1) is 11.1 Å². The molecule has 1 heterocycles. The fraction of sp³-hybridized carbons (Fsp3) is 0.438. The molecule has 0 saturated carbocycles. The number of rotatable bonds is 4. The van der Waals surface area contributed by atoms with Gasteiger partial charge in [-0.25, -0.2) is 9.40 Å². The number of nitrogens with zero attached hydrogens (tertiary/aromatic N) is 2. The Bertz CT molecular complexity index is 671. The second-order valence-corrected chi connectivity index (χ2v) is 5.99. The number of hydrogen-bond donors (Lipinski definition) is 0. The zero-order valence-corrected chi connectivity index (χ0v) is 14.1. The molecule has 2 rings (SSSR count). The molecular weight excluding hydrogens is 348 g/mol. The molecule has 3 nitrogen and oxygen atoms in total. The normalized spacial score (nSPS) is 18.1. The van der Waals surface area contributed by atoms with E-state index in [0.717, 1.165) is 17.3 Å². The Morgan fingerprint density at radius 2 is 2.00 bits per heavy atom. The molecule has 1 aliphatic heterocycles. The third-order valence-electron chi connectivity index (χ3n) is 3.40. The van der Waals surface area contributed by atoms with E-state index >= 15 is 0 Å². The quantitative estimate of drug-likeness (QED) is 0.655. The van der Waals surface area contributed by atoms with Crippen LogP contribution >= 0.6 is 11.6 Å². The maximum Gasteiger partial charge on any atom is 0.400 e. The van der Waals surface area contributed by atoms with Crippen molar-refractivity contribution in [3.8, 4) is 5.75 Å². The average Bonchev–Trinajstić information content (AvgIpc) is 2.48. The molecule has 0 bridgehead atoms. The van der Waals surface area contributed by atoms with Crippen molar-refractivity contribution < 1.29 is 22.3 Å². The van der Waals surface area contributed by atoms with Crippen molar-refractivity contribution in [2.75, 3.05) is 5.01 Å². The van der Waals surface area contributed by atoms with Crippen LogP contribution in [0.5, 0.6) is 5.75 Å². The van der Waals surface area contributed by atoms with Crippen LogP contribution in [-0.2, 0) is 0 Å². The maximum atomic E-state index is 14.2. The number of hydrogen-bond acceptors (Lipinski definition) is 3. The van der Waals surface area contributed by atoms with Gasteiger partial charge in [0.2, 0.25) is 0 Å². The molecule has 24 heavy (non-hydrogen) atoms. The summed E-state index contributed by atoms with van der Waals surface area (Å²) >= 11 is 5.94. The summed E-state index contributed by atoms with van der Waals surface area (Å²) in [7, 11) is 0. The third-order valence-corrected chi connectivity index (χ3v) is 3.69. The van der Waals surface area contributed by atoms with Gasteiger partial charge in [-0.05, 0) is 31.9 Å². The number of allylic oxidation sites excluding steroid dienone is 1. The maximum absolute atomic E-state index is 14.2. The molecule has 0 aromatic heterocycles. The van der Waals surface area contributed by atoms with Gasteiger partial charge in [0, 0.05) is 18.5 Å². The van der Waals surface area contributed by atoms with Gasteiger partial charge in [0.15, 0.2) is 5.82 Å². The predicted molar refractivity (Wildman–Crippen MR) is 86.1 cm³/mol. The number of anilines is 1. The van der Waals surface area contributed by atoms with E-state index in [-0.39, 0.29) is 34.6 Å². The lowest BCUT2D eigenvalue weighted by Crippen LogP contribution is -2.31. The van der Waals surface area contributed by atoms with Crippen LogP contribution < -0.4 is 9.75 Å². The summed E-state index contributed by atoms with van der Waals surface area (Å²) in [5, 5.41) is 4.88. The van der Waals surface area contributed by atoms with E-state index in [1.165, 1.54) is 12.3 Å². The summed E-state index contributed by atoms with van der Waals surface area (Å²) in [5.41, 5.74) is 0.0658. The first-order valence-electron chi connectivity index (χ1n) is 7.39. The van der Waals surface area contributed by atoms with E-state index < -0.39 is 17.9 Å². The summed E-state index contributed by atoms with van der Waals surface area (Å²) in [4.78, 5) is 0. The van der Waals surface area contributed by atoms with Crippen LogP contribution in [0.2, 0.25) is 5.02 Å². The zero-order valence-electron chi connectivity index (χ0n) is 13.4. The summed E-state index contributed by atoms with van der Waals surface area (Å²) in [6.07, 6.45) is -2.49. The lowest BCUT2D eigenvalue weighted by molar-refractivity contribution is -0.145. The van der Waals surface area contributed by atoms with E-state index in [9.17, 15) is 17.6 Å². The number of benzene rings is 1. The van der Waals surface area contributed by atoms with Crippen LogP contribution in [0, 0.1) is 11.7 Å². The van der Waals surface area contributed by atoms with Crippen LogP contribution in [0.3, 0.4) is 0 Å². The van der Waals surface area contributed by atoms with Crippen molar-refractivity contribution in [2.45, 2.75) is 39.5 Å². The molecule has 1 unspecified atom stereocenters. The highest BCUT2D eigenvalue weighted by molar-refractivity contribution is 6.32. The van der Waals surface area contributed by atoms with Crippen LogP contribution in [0.25, 0.3) is 0 Å². The fourth-order valence-electron chi connectivity index (χ4n) is 2.28. The number of alkyl halides is 3. The highest BCUT2D eigenvalue weighted by atomic mass is 35.5. The molecule has 0 N–H and O–H groups in total. The predicted octanol–water partition coefficient (Wildman–Crippen LogP) is 5.54. The average molecular weight is 365 g/mol. The number of halogens is 5. The lowest BCUT2D eigenvalue weighted by atomic mass is 9.97. The zero-order chi connectivity index (χ0) is 18.1. The summed E-state index contributed by atoms with van der Waals surface area (Å²) in [6.45, 7) is 5.16. The van der Waals surface area contributed by atoms with Crippen LogP contribution in [0.1, 0.15) is 27.2 Å². The molecule has 1 aromatic rings. The van der Waals surface area contributed by atoms with Crippen molar-refractivity contribution >= 4 is 23.5 Å². The Balaban J connectivity index is 2.40. The first kappa shape index (κ1) is 18.6. The number of ether oxygens (including phenoxy) is 1. The molecular formula is C16H17ClF4N2O. The summed E-state index contributed by atoms with van der Waals surface area (Å²) < 4.78 is 58.6. The van der Waals surface area contributed by atoms with Crippen LogP contribution in [-0.4, -0.2) is 18.5 Å². The third kappa shape index (κ3) is 4.01. The van der Waals surface area contributed by atoms with Gasteiger partial charge < -0.3 is 4.74 Å². The fourth-order valence-corrected chi connectivity index (χ4v) is 2.48. The standard InChI is InChI=1S/C16H17ClF4N2O/c1-4-10-8-23(22-7-11(10)16(19,20)21)14-6-15(24-9(2)3)12(17)5-13(14)18/h5-9,11H,4H2,1-3H3. The van der Waals surface area contributed by atoms with Crippen molar-refractivity contribution in [1.82, 2.24) is 0 Å². The topological polar surface area (TPSA) is 24.8 Å². The van der Waals surface area contributed by atoms with E-state index in [2.05, 4.69) is 5.10 Å². The molecule has 0 aliphatic carbocycles. The molecule has 1 atom stereocenters. The highest BCUT2D eigenvalue weighted by Gasteiger charge is 2.42. The molecule has 1 aromatic carbocycles. The molecule has 1 aliphatic rings. The van der Waals surface area contributed by atoms with Gasteiger partial charge in [-0.3, -0.25) is 0 Å². The first-order chi connectivity index (χ1) is 11.1. The Morgan fingerprint density at radius 1 is 1.33 bits per heavy atom. The Labute approximate surface area is 142 Å².